The number of thiazole rings is 1. The molecule has 1 saturated carbocycles. The lowest BCUT2D eigenvalue weighted by Gasteiger charge is -2.28. The number of nitrogens with zero attached hydrogens (tertiary/aromatic N) is 3. The molecule has 8 heteroatoms. The zero-order valence-corrected chi connectivity index (χ0v) is 15.1. The minimum absolute atomic E-state index is 0.0660. The van der Waals surface area contributed by atoms with Crippen LogP contribution in [0.3, 0.4) is 0 Å². The van der Waals surface area contributed by atoms with Crippen molar-refractivity contribution in [2.45, 2.75) is 38.8 Å². The molecule has 2 aromatic rings. The molecule has 2 N–H and O–H groups in total. The van der Waals surface area contributed by atoms with Gasteiger partial charge >= 0.3 is 0 Å². The predicted molar refractivity (Wildman–Crippen MR) is 95.3 cm³/mol. The molecule has 7 nitrogen and oxygen atoms in total. The monoisotopic (exact) mass is 361 g/mol. The van der Waals surface area contributed by atoms with Gasteiger partial charge in [-0.05, 0) is 44.7 Å². The molecule has 0 bridgehead atoms. The molecular weight excluding hydrogens is 338 g/mol. The minimum atomic E-state index is -0.0660. The molecule has 2 aliphatic rings. The van der Waals surface area contributed by atoms with Gasteiger partial charge in [0.1, 0.15) is 5.01 Å². The number of rotatable bonds is 6. The third-order valence-electron chi connectivity index (χ3n) is 5.25. The van der Waals surface area contributed by atoms with E-state index in [1.807, 2.05) is 18.5 Å². The van der Waals surface area contributed by atoms with Gasteiger partial charge in [-0.25, -0.2) is 4.98 Å². The lowest BCUT2D eigenvalue weighted by atomic mass is 9.93. The van der Waals surface area contributed by atoms with Crippen molar-refractivity contribution in [2.24, 2.45) is 5.41 Å². The van der Waals surface area contributed by atoms with Gasteiger partial charge in [0.2, 0.25) is 11.8 Å². The van der Waals surface area contributed by atoms with E-state index in [-0.39, 0.29) is 5.91 Å². The van der Waals surface area contributed by atoms with Crippen LogP contribution in [0.4, 0.5) is 5.88 Å². The van der Waals surface area contributed by atoms with E-state index in [0.29, 0.717) is 23.9 Å². The zero-order chi connectivity index (χ0) is 17.3. The molecule has 0 radical (unpaired) electrons. The molecule has 25 heavy (non-hydrogen) atoms. The van der Waals surface area contributed by atoms with Crippen LogP contribution >= 0.6 is 11.3 Å². The SMILES string of the molecule is Cc1cc(NC(=O)CN(Cc2nccs2)C2CC23CCNCC3)on1. The molecule has 3 heterocycles. The van der Waals surface area contributed by atoms with E-state index in [1.54, 1.807) is 17.4 Å². The number of aryl methyl sites for hydroxylation is 1. The lowest BCUT2D eigenvalue weighted by molar-refractivity contribution is -0.117. The van der Waals surface area contributed by atoms with Crippen molar-refractivity contribution in [3.8, 4) is 0 Å². The Balaban J connectivity index is 1.43. The number of carbonyl (C=O) groups is 1. The number of aromatic nitrogens is 2. The number of amides is 1. The summed E-state index contributed by atoms with van der Waals surface area (Å²) in [6.45, 7) is 5.05. The molecule has 1 aliphatic heterocycles. The summed E-state index contributed by atoms with van der Waals surface area (Å²) in [7, 11) is 0. The van der Waals surface area contributed by atoms with Crippen LogP contribution in [0.25, 0.3) is 0 Å². The molecule has 2 aromatic heterocycles. The van der Waals surface area contributed by atoms with Gasteiger partial charge in [0.15, 0.2) is 0 Å². The first-order chi connectivity index (χ1) is 12.1. The van der Waals surface area contributed by atoms with Crippen LogP contribution in [-0.2, 0) is 11.3 Å². The van der Waals surface area contributed by atoms with Crippen molar-refractivity contribution in [1.82, 2.24) is 20.4 Å². The van der Waals surface area contributed by atoms with E-state index in [0.717, 1.165) is 30.3 Å². The smallest absolute Gasteiger partial charge is 0.240 e. The topological polar surface area (TPSA) is 83.3 Å². The van der Waals surface area contributed by atoms with Crippen molar-refractivity contribution in [2.75, 3.05) is 25.0 Å². The van der Waals surface area contributed by atoms with Crippen LogP contribution in [0.1, 0.15) is 30.0 Å². The third-order valence-corrected chi connectivity index (χ3v) is 6.01. The zero-order valence-electron chi connectivity index (χ0n) is 14.3. The molecule has 1 unspecified atom stereocenters. The molecule has 134 valence electrons. The Bertz CT molecular complexity index is 723. The Morgan fingerprint density at radius 3 is 3.04 bits per heavy atom. The maximum Gasteiger partial charge on any atom is 0.240 e. The quantitative estimate of drug-likeness (QED) is 0.819. The summed E-state index contributed by atoms with van der Waals surface area (Å²) in [5, 5.41) is 13.1. The Morgan fingerprint density at radius 1 is 1.52 bits per heavy atom. The van der Waals surface area contributed by atoms with Crippen molar-refractivity contribution >= 4 is 23.1 Å². The Morgan fingerprint density at radius 2 is 2.36 bits per heavy atom. The van der Waals surface area contributed by atoms with Gasteiger partial charge in [-0.2, -0.15) is 0 Å². The first kappa shape index (κ1) is 16.7. The fourth-order valence-corrected chi connectivity index (χ4v) is 4.51. The highest BCUT2D eigenvalue weighted by Gasteiger charge is 2.56. The molecule has 4 rings (SSSR count). The molecular formula is C17H23N5O2S. The Kier molecular flexibility index (Phi) is 4.58. The molecule has 2 fully saturated rings. The second kappa shape index (κ2) is 6.86. The van der Waals surface area contributed by atoms with E-state index in [2.05, 4.69) is 25.7 Å². The first-order valence-corrected chi connectivity index (χ1v) is 9.59. The van der Waals surface area contributed by atoms with Crippen LogP contribution in [-0.4, -0.2) is 46.6 Å². The summed E-state index contributed by atoms with van der Waals surface area (Å²) < 4.78 is 5.09. The number of hydrogen-bond donors (Lipinski definition) is 2. The van der Waals surface area contributed by atoms with E-state index in [9.17, 15) is 4.79 Å². The maximum absolute atomic E-state index is 12.5. The highest BCUT2D eigenvalue weighted by molar-refractivity contribution is 7.09. The van der Waals surface area contributed by atoms with Gasteiger partial charge in [0.05, 0.1) is 18.8 Å². The number of piperidine rings is 1. The molecule has 1 aliphatic carbocycles. The molecule has 1 amide bonds. The second-order valence-corrected chi connectivity index (χ2v) is 8.02. The number of hydrogen-bond acceptors (Lipinski definition) is 7. The summed E-state index contributed by atoms with van der Waals surface area (Å²) in [6, 6.07) is 2.19. The average Bonchev–Trinajstić information content (AvgIpc) is 2.93. The maximum atomic E-state index is 12.5. The van der Waals surface area contributed by atoms with Crippen molar-refractivity contribution in [3.05, 3.63) is 28.3 Å². The van der Waals surface area contributed by atoms with Gasteiger partial charge < -0.3 is 9.84 Å². The van der Waals surface area contributed by atoms with Gasteiger partial charge in [0.25, 0.3) is 0 Å². The van der Waals surface area contributed by atoms with E-state index >= 15 is 0 Å². The summed E-state index contributed by atoms with van der Waals surface area (Å²) in [5.74, 6) is 0.341. The van der Waals surface area contributed by atoms with Crippen molar-refractivity contribution < 1.29 is 9.32 Å². The van der Waals surface area contributed by atoms with Crippen molar-refractivity contribution in [3.63, 3.8) is 0 Å². The summed E-state index contributed by atoms with van der Waals surface area (Å²) in [6.07, 6.45) is 5.38. The normalized spacial score (nSPS) is 21.6. The minimum Gasteiger partial charge on any atom is -0.338 e. The van der Waals surface area contributed by atoms with Crippen LogP contribution < -0.4 is 10.6 Å². The van der Waals surface area contributed by atoms with Crippen LogP contribution in [0, 0.1) is 12.3 Å². The highest BCUT2D eigenvalue weighted by Crippen LogP contribution is 2.56. The van der Waals surface area contributed by atoms with Crippen LogP contribution in [0.15, 0.2) is 22.2 Å². The summed E-state index contributed by atoms with van der Waals surface area (Å²) >= 11 is 1.64. The Hall–Kier alpha value is -1.77. The first-order valence-electron chi connectivity index (χ1n) is 8.71. The van der Waals surface area contributed by atoms with Crippen LogP contribution in [0.2, 0.25) is 0 Å². The largest absolute Gasteiger partial charge is 0.338 e. The van der Waals surface area contributed by atoms with Gasteiger partial charge in [0, 0.05) is 23.7 Å². The van der Waals surface area contributed by atoms with Crippen LogP contribution in [0.5, 0.6) is 0 Å². The summed E-state index contributed by atoms with van der Waals surface area (Å²) in [5.41, 5.74) is 1.14. The fourth-order valence-electron chi connectivity index (χ4n) is 3.87. The number of anilines is 1. The Labute approximate surface area is 150 Å². The third kappa shape index (κ3) is 3.75. The van der Waals surface area contributed by atoms with Crippen molar-refractivity contribution in [1.29, 1.82) is 0 Å². The lowest BCUT2D eigenvalue weighted by Crippen LogP contribution is -2.39. The highest BCUT2D eigenvalue weighted by atomic mass is 32.1. The summed E-state index contributed by atoms with van der Waals surface area (Å²) in [4.78, 5) is 19.2. The average molecular weight is 361 g/mol. The second-order valence-electron chi connectivity index (χ2n) is 7.04. The molecule has 1 saturated heterocycles. The fraction of sp³-hybridized carbons (Fsp3) is 0.588. The van der Waals surface area contributed by atoms with E-state index in [1.165, 1.54) is 19.3 Å². The van der Waals surface area contributed by atoms with Gasteiger partial charge in [-0.3, -0.25) is 15.0 Å². The number of carbonyl (C=O) groups excluding carboxylic acids is 1. The number of nitrogens with one attached hydrogen (secondary N) is 2. The van der Waals surface area contributed by atoms with Gasteiger partial charge in [-0.1, -0.05) is 5.16 Å². The standard InChI is InChI=1S/C17H23N5O2S/c1-12-8-15(24-21-12)20-14(23)10-22(11-16-19-6-7-25-16)13-9-17(13)2-4-18-5-3-17/h6-8,13,18H,2-5,9-11H2,1H3,(H,20,23). The van der Waals surface area contributed by atoms with E-state index in [4.69, 9.17) is 4.52 Å². The molecule has 1 spiro atoms. The molecule has 0 aromatic carbocycles. The van der Waals surface area contributed by atoms with E-state index < -0.39 is 0 Å². The van der Waals surface area contributed by atoms with Gasteiger partial charge in [-0.15, -0.1) is 11.3 Å². The predicted octanol–water partition coefficient (Wildman–Crippen LogP) is 2.02. The molecule has 1 atom stereocenters.